The van der Waals surface area contributed by atoms with Gasteiger partial charge >= 0.3 is 0 Å². The molecule has 1 rings (SSSR count). The summed E-state index contributed by atoms with van der Waals surface area (Å²) in [6.07, 6.45) is 0.663. The van der Waals surface area contributed by atoms with Crippen molar-refractivity contribution in [2.75, 3.05) is 40.1 Å². The van der Waals surface area contributed by atoms with Gasteiger partial charge in [0.05, 0.1) is 20.0 Å². The van der Waals surface area contributed by atoms with E-state index in [9.17, 15) is 8.42 Å². The third-order valence-electron chi connectivity index (χ3n) is 3.48. The van der Waals surface area contributed by atoms with Crippen LogP contribution < -0.4 is 24.8 Å². The average molecular weight is 500 g/mol. The van der Waals surface area contributed by atoms with E-state index in [1.165, 1.54) is 0 Å². The number of benzene rings is 1. The maximum atomic E-state index is 11.3. The molecule has 0 saturated carbocycles. The number of nitrogens with zero attached hydrogens (tertiary/aromatic N) is 1. The second-order valence-corrected chi connectivity index (χ2v) is 7.29. The maximum Gasteiger partial charge on any atom is 0.211 e. The first-order chi connectivity index (χ1) is 12.0. The lowest BCUT2D eigenvalue weighted by Gasteiger charge is -2.13. The number of halogens is 1. The Morgan fingerprint density at radius 1 is 1.12 bits per heavy atom. The normalized spacial score (nSPS) is 11.5. The molecule has 0 bridgehead atoms. The van der Waals surface area contributed by atoms with Crippen LogP contribution in [-0.2, 0) is 16.6 Å². The molecular weight excluding hydrogens is 471 g/mol. The van der Waals surface area contributed by atoms with Crippen molar-refractivity contribution < 1.29 is 17.9 Å². The largest absolute Gasteiger partial charge is 0.493 e. The monoisotopic (exact) mass is 500 g/mol. The van der Waals surface area contributed by atoms with Gasteiger partial charge in [-0.2, -0.15) is 0 Å². The van der Waals surface area contributed by atoms with Crippen molar-refractivity contribution in [2.24, 2.45) is 4.99 Å². The minimum atomic E-state index is -3.13. The number of guanidine groups is 1. The van der Waals surface area contributed by atoms with Gasteiger partial charge < -0.3 is 20.1 Å². The van der Waals surface area contributed by atoms with Crippen LogP contribution in [0.15, 0.2) is 23.2 Å². The Balaban J connectivity index is 0.00000625. The molecule has 1 aromatic rings. The molecule has 0 aliphatic rings. The predicted molar refractivity (Wildman–Crippen MR) is 115 cm³/mol. The van der Waals surface area contributed by atoms with Gasteiger partial charge in [0.2, 0.25) is 10.0 Å². The first-order valence-corrected chi connectivity index (χ1v) is 9.73. The highest BCUT2D eigenvalue weighted by Gasteiger charge is 2.06. The van der Waals surface area contributed by atoms with Crippen molar-refractivity contribution in [3.8, 4) is 11.5 Å². The summed E-state index contributed by atoms with van der Waals surface area (Å²) in [5.41, 5.74) is 1.02. The highest BCUT2D eigenvalue weighted by atomic mass is 127. The van der Waals surface area contributed by atoms with E-state index in [4.69, 9.17) is 9.47 Å². The zero-order chi connectivity index (χ0) is 18.7. The number of rotatable bonds is 10. The molecule has 0 radical (unpaired) electrons. The molecule has 26 heavy (non-hydrogen) atoms. The summed E-state index contributed by atoms with van der Waals surface area (Å²) in [6, 6.07) is 5.70. The minimum absolute atomic E-state index is 0. The number of sulfonamides is 1. The molecule has 0 aliphatic carbocycles. The summed E-state index contributed by atoms with van der Waals surface area (Å²) < 4.78 is 35.7. The smallest absolute Gasteiger partial charge is 0.211 e. The van der Waals surface area contributed by atoms with Gasteiger partial charge in [-0.25, -0.2) is 13.1 Å². The second kappa shape index (κ2) is 13.0. The summed E-state index contributed by atoms with van der Waals surface area (Å²) >= 11 is 0. The molecule has 0 aromatic heterocycles. The average Bonchev–Trinajstić information content (AvgIpc) is 2.63. The maximum absolute atomic E-state index is 11.3. The Kier molecular flexibility index (Phi) is 12.3. The number of methoxy groups -OCH3 is 2. The van der Waals surface area contributed by atoms with Crippen LogP contribution in [-0.4, -0.2) is 54.5 Å². The number of ether oxygens (including phenoxy) is 2. The van der Waals surface area contributed by atoms with Crippen LogP contribution in [0.3, 0.4) is 0 Å². The molecule has 0 atom stereocenters. The van der Waals surface area contributed by atoms with Crippen molar-refractivity contribution in [3.05, 3.63) is 23.8 Å². The van der Waals surface area contributed by atoms with Crippen LogP contribution in [0.25, 0.3) is 0 Å². The molecule has 0 amide bonds. The van der Waals surface area contributed by atoms with E-state index in [-0.39, 0.29) is 29.7 Å². The van der Waals surface area contributed by atoms with Crippen LogP contribution in [0, 0.1) is 0 Å². The van der Waals surface area contributed by atoms with E-state index in [0.717, 1.165) is 5.56 Å². The molecule has 8 nitrogen and oxygen atoms in total. The van der Waals surface area contributed by atoms with Crippen molar-refractivity contribution in [1.82, 2.24) is 15.4 Å². The Bertz CT molecular complexity index is 668. The van der Waals surface area contributed by atoms with Crippen molar-refractivity contribution in [2.45, 2.75) is 19.9 Å². The topological polar surface area (TPSA) is 101 Å². The Morgan fingerprint density at radius 3 is 2.38 bits per heavy atom. The lowest BCUT2D eigenvalue weighted by molar-refractivity contribution is 0.354. The molecular formula is C16H29IN4O4S. The summed E-state index contributed by atoms with van der Waals surface area (Å²) in [5, 5.41) is 6.34. The van der Waals surface area contributed by atoms with E-state index in [1.807, 2.05) is 18.2 Å². The van der Waals surface area contributed by atoms with Gasteiger partial charge in [-0.15, -0.1) is 24.0 Å². The lowest BCUT2D eigenvalue weighted by atomic mass is 10.2. The van der Waals surface area contributed by atoms with Gasteiger partial charge in [-0.3, -0.25) is 4.99 Å². The summed E-state index contributed by atoms with van der Waals surface area (Å²) in [5.74, 6) is 2.10. The van der Waals surface area contributed by atoms with E-state index in [1.54, 1.807) is 28.2 Å². The molecule has 0 fully saturated rings. The van der Waals surface area contributed by atoms with Gasteiger partial charge in [-0.1, -0.05) is 6.07 Å². The third kappa shape index (κ3) is 8.90. The zero-order valence-electron chi connectivity index (χ0n) is 15.7. The first-order valence-electron chi connectivity index (χ1n) is 8.08. The SMILES string of the molecule is CCS(=O)(=O)NCCCNC(=NC)NCc1ccc(OC)c(OC)c1.I. The summed E-state index contributed by atoms with van der Waals surface area (Å²) in [4.78, 5) is 4.14. The quantitative estimate of drug-likeness (QED) is 0.194. The Morgan fingerprint density at radius 2 is 1.81 bits per heavy atom. The van der Waals surface area contributed by atoms with Crippen LogP contribution in [0.2, 0.25) is 0 Å². The van der Waals surface area contributed by atoms with Gasteiger partial charge in [0.25, 0.3) is 0 Å². The van der Waals surface area contributed by atoms with Crippen molar-refractivity contribution >= 4 is 40.0 Å². The molecule has 0 unspecified atom stereocenters. The zero-order valence-corrected chi connectivity index (χ0v) is 18.8. The number of hydrogen-bond donors (Lipinski definition) is 3. The van der Waals surface area contributed by atoms with Gasteiger partial charge in [0.15, 0.2) is 17.5 Å². The standard InChI is InChI=1S/C16H28N4O4S.HI/c1-5-25(21,22)20-10-6-9-18-16(17-2)19-12-13-7-8-14(23-3)15(11-13)24-4;/h7-8,11,20H,5-6,9-10,12H2,1-4H3,(H2,17,18,19);1H. The highest BCUT2D eigenvalue weighted by Crippen LogP contribution is 2.27. The molecule has 10 heteroatoms. The fourth-order valence-electron chi connectivity index (χ4n) is 2.02. The lowest BCUT2D eigenvalue weighted by Crippen LogP contribution is -2.38. The van der Waals surface area contributed by atoms with E-state index < -0.39 is 10.0 Å². The van der Waals surface area contributed by atoms with Gasteiger partial charge in [0.1, 0.15) is 0 Å². The predicted octanol–water partition coefficient (Wildman–Crippen LogP) is 1.32. The molecule has 0 heterocycles. The molecule has 1 aromatic carbocycles. The molecule has 0 aliphatic heterocycles. The van der Waals surface area contributed by atoms with Crippen LogP contribution in [0.5, 0.6) is 11.5 Å². The van der Waals surface area contributed by atoms with Gasteiger partial charge in [-0.05, 0) is 31.0 Å². The third-order valence-corrected chi connectivity index (χ3v) is 4.88. The number of aliphatic imine (C=N–C) groups is 1. The highest BCUT2D eigenvalue weighted by molar-refractivity contribution is 14.0. The summed E-state index contributed by atoms with van der Waals surface area (Å²) in [7, 11) is 1.75. The Hall–Kier alpha value is -1.27. The van der Waals surface area contributed by atoms with E-state index in [2.05, 4.69) is 20.3 Å². The van der Waals surface area contributed by atoms with Crippen LogP contribution in [0.4, 0.5) is 0 Å². The van der Waals surface area contributed by atoms with Crippen molar-refractivity contribution in [3.63, 3.8) is 0 Å². The first kappa shape index (κ1) is 24.7. The second-order valence-electron chi connectivity index (χ2n) is 5.19. The van der Waals surface area contributed by atoms with E-state index >= 15 is 0 Å². The number of hydrogen-bond acceptors (Lipinski definition) is 5. The molecule has 0 spiro atoms. The molecule has 150 valence electrons. The fourth-order valence-corrected chi connectivity index (χ4v) is 2.68. The molecule has 0 saturated heterocycles. The fraction of sp³-hybridized carbons (Fsp3) is 0.562. The minimum Gasteiger partial charge on any atom is -0.493 e. The van der Waals surface area contributed by atoms with Crippen molar-refractivity contribution in [1.29, 1.82) is 0 Å². The van der Waals surface area contributed by atoms with Crippen LogP contribution in [0.1, 0.15) is 18.9 Å². The molecule has 3 N–H and O–H groups in total. The number of nitrogens with one attached hydrogen (secondary N) is 3. The van der Waals surface area contributed by atoms with Gasteiger partial charge in [0, 0.05) is 26.7 Å². The Labute approximate surface area is 173 Å². The van der Waals surface area contributed by atoms with Crippen LogP contribution >= 0.6 is 24.0 Å². The summed E-state index contributed by atoms with van der Waals surface area (Å²) in [6.45, 7) is 3.19. The van der Waals surface area contributed by atoms with E-state index in [0.29, 0.717) is 43.5 Å².